The summed E-state index contributed by atoms with van der Waals surface area (Å²) in [6, 6.07) is -0.304. The SMILES string of the molecule is O=C1CC=C[C@H]2[C@H](O)[C@@H](O)CN12. The van der Waals surface area contributed by atoms with Crippen molar-refractivity contribution in [3.8, 4) is 0 Å². The topological polar surface area (TPSA) is 60.8 Å². The number of hydrogen-bond acceptors (Lipinski definition) is 3. The molecule has 1 amide bonds. The lowest BCUT2D eigenvalue weighted by Crippen LogP contribution is -2.40. The largest absolute Gasteiger partial charge is 0.388 e. The summed E-state index contributed by atoms with van der Waals surface area (Å²) >= 11 is 0. The van der Waals surface area contributed by atoms with Crippen molar-refractivity contribution in [3.05, 3.63) is 12.2 Å². The van der Waals surface area contributed by atoms with E-state index < -0.39 is 12.2 Å². The normalized spacial score (nSPS) is 40.3. The minimum atomic E-state index is -0.814. The van der Waals surface area contributed by atoms with Crippen molar-refractivity contribution in [2.24, 2.45) is 0 Å². The standard InChI is InChI=1S/C8H11NO3/c10-6-4-9-5(8(6)12)2-1-3-7(9)11/h1-2,5-6,8,10,12H,3-4H2/t5-,6-,8-/m0/s1. The van der Waals surface area contributed by atoms with Crippen LogP contribution in [0.15, 0.2) is 12.2 Å². The predicted molar refractivity (Wildman–Crippen MR) is 41.3 cm³/mol. The molecule has 66 valence electrons. The lowest BCUT2D eigenvalue weighted by atomic mass is 10.1. The van der Waals surface area contributed by atoms with E-state index in [0.717, 1.165) is 0 Å². The number of carbonyl (C=O) groups excluding carboxylic acids is 1. The van der Waals surface area contributed by atoms with Gasteiger partial charge in [0, 0.05) is 13.0 Å². The lowest BCUT2D eigenvalue weighted by molar-refractivity contribution is -0.131. The van der Waals surface area contributed by atoms with Crippen LogP contribution in [0.25, 0.3) is 0 Å². The molecule has 0 saturated carbocycles. The van der Waals surface area contributed by atoms with Gasteiger partial charge in [0.1, 0.15) is 6.10 Å². The fraction of sp³-hybridized carbons (Fsp3) is 0.625. The highest BCUT2D eigenvalue weighted by atomic mass is 16.3. The molecule has 4 heteroatoms. The molecule has 4 nitrogen and oxygen atoms in total. The molecule has 2 aliphatic rings. The van der Waals surface area contributed by atoms with Gasteiger partial charge in [-0.1, -0.05) is 12.2 Å². The van der Waals surface area contributed by atoms with Crippen LogP contribution in [0.4, 0.5) is 0 Å². The summed E-state index contributed by atoms with van der Waals surface area (Å²) in [4.78, 5) is 12.7. The van der Waals surface area contributed by atoms with Crippen LogP contribution in [0.2, 0.25) is 0 Å². The van der Waals surface area contributed by atoms with Gasteiger partial charge in [0.25, 0.3) is 0 Å². The highest BCUT2D eigenvalue weighted by Crippen LogP contribution is 2.23. The molecule has 0 bridgehead atoms. The Labute approximate surface area is 70.1 Å². The Bertz CT molecular complexity index is 238. The van der Waals surface area contributed by atoms with Crippen molar-refractivity contribution in [1.82, 2.24) is 4.90 Å². The van der Waals surface area contributed by atoms with Crippen LogP contribution in [0.3, 0.4) is 0 Å². The molecule has 0 radical (unpaired) electrons. The zero-order chi connectivity index (χ0) is 8.72. The summed E-state index contributed by atoms with van der Waals surface area (Å²) < 4.78 is 0. The number of aliphatic hydroxyl groups excluding tert-OH is 2. The number of hydrogen-bond donors (Lipinski definition) is 2. The number of rotatable bonds is 0. The highest BCUT2D eigenvalue weighted by Gasteiger charge is 2.41. The van der Waals surface area contributed by atoms with Gasteiger partial charge in [-0.05, 0) is 0 Å². The van der Waals surface area contributed by atoms with Crippen molar-refractivity contribution < 1.29 is 15.0 Å². The smallest absolute Gasteiger partial charge is 0.227 e. The number of fused-ring (bicyclic) bond motifs is 1. The van der Waals surface area contributed by atoms with Gasteiger partial charge < -0.3 is 15.1 Å². The van der Waals surface area contributed by atoms with Gasteiger partial charge in [-0.2, -0.15) is 0 Å². The average molecular weight is 169 g/mol. The molecule has 12 heavy (non-hydrogen) atoms. The van der Waals surface area contributed by atoms with E-state index in [1.54, 1.807) is 12.2 Å². The number of nitrogens with zero attached hydrogens (tertiary/aromatic N) is 1. The lowest BCUT2D eigenvalue weighted by Gasteiger charge is -2.25. The molecule has 2 N–H and O–H groups in total. The minimum absolute atomic E-state index is 0.0156. The van der Waals surface area contributed by atoms with E-state index >= 15 is 0 Å². The van der Waals surface area contributed by atoms with E-state index in [1.807, 2.05) is 0 Å². The number of amides is 1. The first-order valence-corrected chi connectivity index (χ1v) is 4.02. The third kappa shape index (κ3) is 0.956. The van der Waals surface area contributed by atoms with Crippen LogP contribution in [-0.2, 0) is 4.79 Å². The number of carbonyl (C=O) groups is 1. The molecule has 0 aromatic rings. The summed E-state index contributed by atoms with van der Waals surface area (Å²) in [7, 11) is 0. The summed E-state index contributed by atoms with van der Waals surface area (Å²) in [6.07, 6.45) is 2.30. The van der Waals surface area contributed by atoms with Crippen molar-refractivity contribution in [2.75, 3.05) is 6.54 Å². The van der Waals surface area contributed by atoms with E-state index in [9.17, 15) is 15.0 Å². The molecule has 0 aliphatic carbocycles. The molecule has 0 unspecified atom stereocenters. The third-order valence-electron chi connectivity index (χ3n) is 2.43. The van der Waals surface area contributed by atoms with E-state index in [4.69, 9.17) is 0 Å². The van der Waals surface area contributed by atoms with Crippen LogP contribution in [0.1, 0.15) is 6.42 Å². The first-order chi connectivity index (χ1) is 5.70. The Morgan fingerprint density at radius 1 is 1.50 bits per heavy atom. The Balaban J connectivity index is 2.25. The highest BCUT2D eigenvalue weighted by molar-refractivity contribution is 5.80. The van der Waals surface area contributed by atoms with Crippen LogP contribution < -0.4 is 0 Å². The third-order valence-corrected chi connectivity index (χ3v) is 2.43. The molecule has 0 aromatic carbocycles. The molecular weight excluding hydrogens is 158 g/mol. The van der Waals surface area contributed by atoms with Gasteiger partial charge in [0.15, 0.2) is 0 Å². The van der Waals surface area contributed by atoms with Crippen molar-refractivity contribution >= 4 is 5.91 Å². The van der Waals surface area contributed by atoms with E-state index in [1.165, 1.54) is 4.90 Å². The summed E-state index contributed by atoms with van der Waals surface area (Å²) in [5.41, 5.74) is 0. The Morgan fingerprint density at radius 2 is 2.25 bits per heavy atom. The van der Waals surface area contributed by atoms with Gasteiger partial charge in [0.05, 0.1) is 12.1 Å². The zero-order valence-corrected chi connectivity index (χ0v) is 6.55. The van der Waals surface area contributed by atoms with E-state index in [-0.39, 0.29) is 18.5 Å². The van der Waals surface area contributed by atoms with Crippen molar-refractivity contribution in [1.29, 1.82) is 0 Å². The molecule has 2 heterocycles. The van der Waals surface area contributed by atoms with E-state index in [0.29, 0.717) is 6.42 Å². The van der Waals surface area contributed by atoms with Crippen molar-refractivity contribution in [3.63, 3.8) is 0 Å². The molecule has 0 spiro atoms. The fourth-order valence-electron chi connectivity index (χ4n) is 1.75. The average Bonchev–Trinajstić information content (AvgIpc) is 2.32. The maximum atomic E-state index is 11.2. The quantitative estimate of drug-likeness (QED) is 0.451. The maximum absolute atomic E-state index is 11.2. The number of aliphatic hydroxyl groups is 2. The Hall–Kier alpha value is -0.870. The molecule has 1 saturated heterocycles. The summed E-state index contributed by atoms with van der Waals surface area (Å²) in [5.74, 6) is -0.0156. The molecule has 3 atom stereocenters. The van der Waals surface area contributed by atoms with Gasteiger partial charge in [0.2, 0.25) is 5.91 Å². The van der Waals surface area contributed by atoms with Gasteiger partial charge in [-0.15, -0.1) is 0 Å². The molecule has 1 fully saturated rings. The summed E-state index contributed by atoms with van der Waals surface area (Å²) in [5, 5.41) is 18.7. The second-order valence-corrected chi connectivity index (χ2v) is 3.23. The van der Waals surface area contributed by atoms with Crippen molar-refractivity contribution in [2.45, 2.75) is 24.7 Å². The molecule has 2 rings (SSSR count). The zero-order valence-electron chi connectivity index (χ0n) is 6.55. The predicted octanol–water partition coefficient (Wildman–Crippen LogP) is -1.12. The van der Waals surface area contributed by atoms with Gasteiger partial charge in [-0.3, -0.25) is 4.79 Å². The summed E-state index contributed by atoms with van der Waals surface area (Å²) in [6.45, 7) is 0.259. The molecular formula is C8H11NO3. The molecule has 2 aliphatic heterocycles. The second-order valence-electron chi connectivity index (χ2n) is 3.23. The first-order valence-electron chi connectivity index (χ1n) is 4.02. The monoisotopic (exact) mass is 169 g/mol. The second kappa shape index (κ2) is 2.57. The minimum Gasteiger partial charge on any atom is -0.388 e. The van der Waals surface area contributed by atoms with Crippen LogP contribution in [0, 0.1) is 0 Å². The Morgan fingerprint density at radius 3 is 2.92 bits per heavy atom. The fourth-order valence-corrected chi connectivity index (χ4v) is 1.75. The van der Waals surface area contributed by atoms with Gasteiger partial charge in [-0.25, -0.2) is 0 Å². The molecule has 0 aromatic heterocycles. The van der Waals surface area contributed by atoms with Gasteiger partial charge >= 0.3 is 0 Å². The van der Waals surface area contributed by atoms with E-state index in [2.05, 4.69) is 0 Å². The first kappa shape index (κ1) is 7.76. The van der Waals surface area contributed by atoms with Crippen LogP contribution in [0.5, 0.6) is 0 Å². The van der Waals surface area contributed by atoms with Crippen LogP contribution >= 0.6 is 0 Å². The maximum Gasteiger partial charge on any atom is 0.227 e. The Kier molecular flexibility index (Phi) is 1.66. The van der Waals surface area contributed by atoms with Crippen LogP contribution in [-0.4, -0.2) is 45.8 Å².